The first kappa shape index (κ1) is 37.9. The summed E-state index contributed by atoms with van der Waals surface area (Å²) in [6, 6.07) is 27.7. The minimum Gasteiger partial charge on any atom is -0.480 e. The maximum atomic E-state index is 11.4. The molecule has 2 aromatic carbocycles. The molecule has 10 heteroatoms. The number of hydrogen-bond acceptors (Lipinski definition) is 9. The van der Waals surface area contributed by atoms with E-state index in [1.54, 1.807) is 22.7 Å². The summed E-state index contributed by atoms with van der Waals surface area (Å²) in [5, 5.41) is 29.0. The Morgan fingerprint density at radius 1 is 0.963 bits per heavy atom. The van der Waals surface area contributed by atoms with Crippen molar-refractivity contribution in [2.45, 2.75) is 58.5 Å². The van der Waals surface area contributed by atoms with E-state index in [1.807, 2.05) is 50.1 Å². The normalized spacial score (nSPS) is 13.5. The third-order valence-corrected chi connectivity index (χ3v) is 12.0. The van der Waals surface area contributed by atoms with Crippen LogP contribution in [0.1, 0.15) is 56.9 Å². The number of nitriles is 3. The van der Waals surface area contributed by atoms with Crippen molar-refractivity contribution in [2.75, 3.05) is 25.1 Å². The fraction of sp³-hybridized carbons (Fsp3) is 0.273. The number of hydrogen-bond donors (Lipinski definition) is 0. The van der Waals surface area contributed by atoms with Gasteiger partial charge in [0.05, 0.1) is 27.0 Å². The van der Waals surface area contributed by atoms with Gasteiger partial charge in [0.1, 0.15) is 36.0 Å². The highest BCUT2D eigenvalue weighted by Gasteiger charge is 2.38. The van der Waals surface area contributed by atoms with Gasteiger partial charge in [-0.25, -0.2) is 4.79 Å². The monoisotopic (exact) mass is 751 g/mol. The highest BCUT2D eigenvalue weighted by Crippen LogP contribution is 2.46. The van der Waals surface area contributed by atoms with Gasteiger partial charge < -0.3 is 18.9 Å². The van der Waals surface area contributed by atoms with Crippen molar-refractivity contribution >= 4 is 60.8 Å². The number of carbonyl (C=O) groups excluding carboxylic acids is 1. The second kappa shape index (κ2) is 16.4. The topological polar surface area (TPSA) is 115 Å². The van der Waals surface area contributed by atoms with E-state index in [0.29, 0.717) is 12.1 Å². The van der Waals surface area contributed by atoms with Crippen LogP contribution in [0.15, 0.2) is 102 Å². The molecule has 8 nitrogen and oxygen atoms in total. The fourth-order valence-electron chi connectivity index (χ4n) is 6.64. The number of fused-ring (bicyclic) bond motifs is 3. The van der Waals surface area contributed by atoms with Crippen LogP contribution in [-0.2, 0) is 20.7 Å². The van der Waals surface area contributed by atoms with E-state index in [0.717, 1.165) is 44.1 Å². The van der Waals surface area contributed by atoms with Gasteiger partial charge in [-0.2, -0.15) is 15.8 Å². The standard InChI is InChI=1S/C44H41N5O3S2/c1-6-8-9-10-11-29-12-16-33(17-13-29)49-37-24-34(20-21-36-35(28-47)41(31(26-45)27-46)52-44(36,3)4)53-42(37)43-38(49)25-39(54-43)30-14-18-32(19-15-30)48(5)22-23-51-40(50)7-2/h7,12-21,24-25H,2,6,8-11,22-23H2,1,3-5H3/b21-20+. The predicted octanol–water partition coefficient (Wildman–Crippen LogP) is 10.8. The number of likely N-dealkylation sites (N-methyl/N-ethyl adjacent to an activating group) is 1. The van der Waals surface area contributed by atoms with Crippen molar-refractivity contribution in [1.82, 2.24) is 4.57 Å². The second-order valence-electron chi connectivity index (χ2n) is 13.6. The summed E-state index contributed by atoms with van der Waals surface area (Å²) < 4.78 is 15.8. The maximum Gasteiger partial charge on any atom is 0.330 e. The number of carbonyl (C=O) groups is 1. The van der Waals surface area contributed by atoms with Crippen LogP contribution in [0, 0.1) is 34.0 Å². The molecule has 0 atom stereocenters. The molecule has 1 aliphatic heterocycles. The number of aryl methyl sites for hydroxylation is 1. The number of rotatable bonds is 14. The number of anilines is 1. The molecule has 0 saturated heterocycles. The molecule has 6 rings (SSSR count). The van der Waals surface area contributed by atoms with Gasteiger partial charge in [-0.05, 0) is 80.3 Å². The van der Waals surface area contributed by atoms with Crippen molar-refractivity contribution in [2.24, 2.45) is 0 Å². The van der Waals surface area contributed by atoms with Gasteiger partial charge in [0.15, 0.2) is 11.3 Å². The first-order valence-corrected chi connectivity index (χ1v) is 19.6. The van der Waals surface area contributed by atoms with Crippen LogP contribution in [0.25, 0.3) is 42.6 Å². The van der Waals surface area contributed by atoms with Crippen LogP contribution in [0.4, 0.5) is 5.69 Å². The zero-order valence-corrected chi connectivity index (χ0v) is 32.6. The average Bonchev–Trinajstić information content (AvgIpc) is 3.92. The van der Waals surface area contributed by atoms with E-state index in [2.05, 4.69) is 84.8 Å². The third-order valence-electron chi connectivity index (χ3n) is 9.55. The van der Waals surface area contributed by atoms with Gasteiger partial charge in [-0.15, -0.1) is 22.7 Å². The molecule has 272 valence electrons. The zero-order valence-electron chi connectivity index (χ0n) is 30.9. The van der Waals surface area contributed by atoms with Crippen LogP contribution in [0.5, 0.6) is 0 Å². The van der Waals surface area contributed by atoms with Gasteiger partial charge in [0.2, 0.25) is 0 Å². The van der Waals surface area contributed by atoms with Crippen molar-refractivity contribution < 1.29 is 14.3 Å². The Morgan fingerprint density at radius 2 is 1.67 bits per heavy atom. The molecule has 4 heterocycles. The number of aromatic nitrogens is 1. The van der Waals surface area contributed by atoms with Crippen LogP contribution >= 0.6 is 22.7 Å². The number of thiophene rings is 2. The van der Waals surface area contributed by atoms with Gasteiger partial charge >= 0.3 is 5.97 Å². The summed E-state index contributed by atoms with van der Waals surface area (Å²) in [6.07, 6.45) is 11.0. The number of ether oxygens (including phenoxy) is 2. The summed E-state index contributed by atoms with van der Waals surface area (Å²) in [5.74, 6) is -0.393. The molecule has 5 aromatic rings. The number of esters is 1. The Hall–Kier alpha value is -5.86. The van der Waals surface area contributed by atoms with Crippen molar-refractivity contribution in [3.63, 3.8) is 0 Å². The molecule has 0 N–H and O–H groups in total. The van der Waals surface area contributed by atoms with Crippen LogP contribution in [-0.4, -0.2) is 36.3 Å². The molecule has 3 aromatic heterocycles. The molecule has 0 bridgehead atoms. The van der Waals surface area contributed by atoms with Crippen molar-refractivity contribution in [3.05, 3.63) is 112 Å². The van der Waals surface area contributed by atoms with Gasteiger partial charge in [-0.3, -0.25) is 0 Å². The lowest BCUT2D eigenvalue weighted by Crippen LogP contribution is -2.23. The Kier molecular flexibility index (Phi) is 11.5. The molecule has 0 radical (unpaired) electrons. The molecule has 54 heavy (non-hydrogen) atoms. The summed E-state index contributed by atoms with van der Waals surface area (Å²) in [6.45, 7) is 10.2. The molecular formula is C44H41N5O3S2. The second-order valence-corrected chi connectivity index (χ2v) is 15.8. The lowest BCUT2D eigenvalue weighted by molar-refractivity contribution is -0.137. The summed E-state index contributed by atoms with van der Waals surface area (Å²) >= 11 is 3.45. The smallest absolute Gasteiger partial charge is 0.330 e. The summed E-state index contributed by atoms with van der Waals surface area (Å²) in [5.41, 5.74) is 6.53. The quantitative estimate of drug-likeness (QED) is 0.0480. The van der Waals surface area contributed by atoms with E-state index < -0.39 is 11.6 Å². The summed E-state index contributed by atoms with van der Waals surface area (Å²) in [7, 11) is 1.97. The lowest BCUT2D eigenvalue weighted by Gasteiger charge is -2.20. The number of unbranched alkanes of at least 4 members (excludes halogenated alkanes) is 3. The summed E-state index contributed by atoms with van der Waals surface area (Å²) in [4.78, 5) is 15.6. The van der Waals surface area contributed by atoms with Gasteiger partial charge in [-0.1, -0.05) is 63.1 Å². The van der Waals surface area contributed by atoms with E-state index in [9.17, 15) is 20.6 Å². The molecule has 0 saturated carbocycles. The van der Waals surface area contributed by atoms with Crippen molar-refractivity contribution in [3.8, 4) is 34.3 Å². The Bertz CT molecular complexity index is 2420. The zero-order chi connectivity index (χ0) is 38.4. The van der Waals surface area contributed by atoms with Crippen LogP contribution in [0.2, 0.25) is 0 Å². The highest BCUT2D eigenvalue weighted by molar-refractivity contribution is 7.29. The maximum absolute atomic E-state index is 11.4. The highest BCUT2D eigenvalue weighted by atomic mass is 32.1. The van der Waals surface area contributed by atoms with Gasteiger partial charge in [0.25, 0.3) is 0 Å². The molecular weight excluding hydrogens is 711 g/mol. The minimum absolute atomic E-state index is 0.0327. The van der Waals surface area contributed by atoms with Crippen molar-refractivity contribution in [1.29, 1.82) is 15.8 Å². The Balaban J connectivity index is 1.38. The van der Waals surface area contributed by atoms with Gasteiger partial charge in [0, 0.05) is 39.8 Å². The van der Waals surface area contributed by atoms with Crippen LogP contribution in [0.3, 0.4) is 0 Å². The largest absolute Gasteiger partial charge is 0.480 e. The number of nitrogens with zero attached hydrogens (tertiary/aromatic N) is 5. The molecule has 0 spiro atoms. The van der Waals surface area contributed by atoms with E-state index >= 15 is 0 Å². The molecule has 0 fully saturated rings. The van der Waals surface area contributed by atoms with E-state index in [4.69, 9.17) is 9.47 Å². The SMILES string of the molecule is C=CC(=O)OCCN(C)c1ccc(-c2cc3c(s2)c2sc(/C=C/C4=C(C#N)C(=C(C#N)C#N)OC4(C)C)cc2n3-c2ccc(CCCCCC)cc2)cc1. The molecule has 0 unspecified atom stereocenters. The Morgan fingerprint density at radius 3 is 2.33 bits per heavy atom. The minimum atomic E-state index is -0.890. The molecule has 1 aliphatic rings. The van der Waals surface area contributed by atoms with E-state index in [-0.39, 0.29) is 23.5 Å². The fourth-order valence-corrected chi connectivity index (χ4v) is 8.98. The van der Waals surface area contributed by atoms with E-state index in [1.165, 1.54) is 46.7 Å². The molecule has 0 aliphatic carbocycles. The lowest BCUT2D eigenvalue weighted by atomic mass is 9.94. The number of benzene rings is 2. The van der Waals surface area contributed by atoms with Crippen LogP contribution < -0.4 is 4.90 Å². The first-order chi connectivity index (χ1) is 26.1. The average molecular weight is 752 g/mol. The predicted molar refractivity (Wildman–Crippen MR) is 219 cm³/mol. The number of allylic oxidation sites excluding steroid dienone is 2. The molecule has 0 amide bonds. The Labute approximate surface area is 324 Å². The first-order valence-electron chi connectivity index (χ1n) is 18.0. The third kappa shape index (κ3) is 7.75.